The van der Waals surface area contributed by atoms with Crippen LogP contribution in [0.25, 0.3) is 0 Å². The Labute approximate surface area is 261 Å². The molecule has 5 rings (SSSR count). The van der Waals surface area contributed by atoms with E-state index >= 15 is 0 Å². The second-order valence-corrected chi connectivity index (χ2v) is 11.8. The van der Waals surface area contributed by atoms with Crippen molar-refractivity contribution < 1.29 is 81.1 Å². The van der Waals surface area contributed by atoms with Gasteiger partial charge in [-0.05, 0) is 26.0 Å². The van der Waals surface area contributed by atoms with Gasteiger partial charge < -0.3 is 49.2 Å². The zero-order valence-electron chi connectivity index (χ0n) is 24.9. The lowest BCUT2D eigenvalue weighted by Gasteiger charge is -2.46. The van der Waals surface area contributed by atoms with Crippen molar-refractivity contribution >= 4 is 27.7 Å². The molecule has 1 aliphatic heterocycles. The second kappa shape index (κ2) is 12.6. The molecular formula is C28H32O17S. The number of rotatable bonds is 5. The van der Waals surface area contributed by atoms with Gasteiger partial charge in [0.15, 0.2) is 23.5 Å². The number of ether oxygens (including phenoxy) is 5. The SMILES string of the molecule is COc1cc(O)c2c(c1)C(=O)c1cc3c(c(O)c1C2=O)C(OC1OC(C)C(O)C(O)C1OC)C(OC)C(C)(O)C3=O.O=S(=O)(O)O. The maximum Gasteiger partial charge on any atom is 0.394 e. The smallest absolute Gasteiger partial charge is 0.394 e. The van der Waals surface area contributed by atoms with Crippen molar-refractivity contribution in [3.8, 4) is 17.2 Å². The first-order valence-corrected chi connectivity index (χ1v) is 14.8. The van der Waals surface area contributed by atoms with Crippen LogP contribution in [0.5, 0.6) is 17.2 Å². The van der Waals surface area contributed by atoms with Gasteiger partial charge in [0.2, 0.25) is 5.78 Å². The highest BCUT2D eigenvalue weighted by atomic mass is 32.3. The predicted octanol–water partition coefficient (Wildman–Crippen LogP) is -0.269. The van der Waals surface area contributed by atoms with Gasteiger partial charge in [-0.25, -0.2) is 0 Å². The van der Waals surface area contributed by atoms with Crippen molar-refractivity contribution in [2.45, 2.75) is 62.4 Å². The van der Waals surface area contributed by atoms with Crippen LogP contribution in [0.15, 0.2) is 18.2 Å². The molecule has 7 N–H and O–H groups in total. The molecule has 1 fully saturated rings. The minimum absolute atomic E-state index is 0.102. The van der Waals surface area contributed by atoms with Crippen molar-refractivity contribution in [2.75, 3.05) is 21.3 Å². The number of aliphatic hydroxyl groups excluding tert-OH is 2. The number of Topliss-reactive ketones (excluding diaryl/α,β-unsaturated/α-hetero) is 1. The summed E-state index contributed by atoms with van der Waals surface area (Å²) in [6, 6.07) is 3.48. The number of carbonyl (C=O) groups excluding carboxylic acids is 3. The van der Waals surface area contributed by atoms with Gasteiger partial charge in [-0.1, -0.05) is 0 Å². The molecule has 0 amide bonds. The Morgan fingerprint density at radius 1 is 0.870 bits per heavy atom. The van der Waals surface area contributed by atoms with E-state index in [-0.39, 0.29) is 33.6 Å². The van der Waals surface area contributed by atoms with E-state index in [2.05, 4.69) is 0 Å². The van der Waals surface area contributed by atoms with Gasteiger partial charge in [-0.2, -0.15) is 8.42 Å². The number of carbonyl (C=O) groups is 3. The molecule has 0 radical (unpaired) electrons. The molecule has 46 heavy (non-hydrogen) atoms. The summed E-state index contributed by atoms with van der Waals surface area (Å²) in [6.45, 7) is 2.65. The first-order chi connectivity index (χ1) is 21.3. The summed E-state index contributed by atoms with van der Waals surface area (Å²) in [5, 5.41) is 54.2. The number of phenols is 2. The maximum atomic E-state index is 13.6. The summed E-state index contributed by atoms with van der Waals surface area (Å²) in [7, 11) is -0.920. The fourth-order valence-corrected chi connectivity index (χ4v) is 5.82. The van der Waals surface area contributed by atoms with Crippen molar-refractivity contribution in [2.24, 2.45) is 0 Å². The number of benzene rings is 2. The number of fused-ring (bicyclic) bond motifs is 3. The molecule has 2 aliphatic carbocycles. The van der Waals surface area contributed by atoms with Gasteiger partial charge in [0, 0.05) is 42.5 Å². The third-order valence-corrected chi connectivity index (χ3v) is 8.02. The average Bonchev–Trinajstić information content (AvgIpc) is 2.96. The average molecular weight is 673 g/mol. The Kier molecular flexibility index (Phi) is 9.64. The van der Waals surface area contributed by atoms with Gasteiger partial charge in [0.1, 0.15) is 47.8 Å². The van der Waals surface area contributed by atoms with Crippen LogP contribution in [0, 0.1) is 0 Å². The van der Waals surface area contributed by atoms with Crippen LogP contribution in [-0.2, 0) is 29.3 Å². The number of methoxy groups -OCH3 is 3. The molecule has 8 unspecified atom stereocenters. The van der Waals surface area contributed by atoms with E-state index in [1.54, 1.807) is 0 Å². The van der Waals surface area contributed by atoms with E-state index in [0.717, 1.165) is 12.1 Å². The molecular weight excluding hydrogens is 640 g/mol. The normalized spacial score (nSPS) is 30.5. The van der Waals surface area contributed by atoms with Gasteiger partial charge >= 0.3 is 10.4 Å². The van der Waals surface area contributed by atoms with Crippen molar-refractivity contribution in [3.05, 3.63) is 51.6 Å². The van der Waals surface area contributed by atoms with E-state index < -0.39 is 93.3 Å². The minimum atomic E-state index is -4.67. The van der Waals surface area contributed by atoms with Crippen LogP contribution in [0.2, 0.25) is 0 Å². The van der Waals surface area contributed by atoms with E-state index in [9.17, 15) is 39.9 Å². The quantitative estimate of drug-likeness (QED) is 0.172. The first-order valence-electron chi connectivity index (χ1n) is 13.4. The summed E-state index contributed by atoms with van der Waals surface area (Å²) < 4.78 is 59.3. The summed E-state index contributed by atoms with van der Waals surface area (Å²) in [6.07, 6.45) is -9.35. The lowest BCUT2D eigenvalue weighted by atomic mass is 9.72. The molecule has 0 aromatic heterocycles. The first kappa shape index (κ1) is 35.3. The zero-order chi connectivity index (χ0) is 34.6. The highest BCUT2D eigenvalue weighted by molar-refractivity contribution is 7.79. The Morgan fingerprint density at radius 2 is 1.46 bits per heavy atom. The summed E-state index contributed by atoms with van der Waals surface area (Å²) in [5.41, 5.74) is -4.24. The van der Waals surface area contributed by atoms with Gasteiger partial charge in [-0.15, -0.1) is 0 Å². The topological polar surface area (TPSA) is 273 Å². The van der Waals surface area contributed by atoms with Crippen molar-refractivity contribution in [1.82, 2.24) is 0 Å². The Balaban J connectivity index is 0.000000892. The Bertz CT molecular complexity index is 1680. The minimum Gasteiger partial charge on any atom is -0.507 e. The lowest BCUT2D eigenvalue weighted by Crippen LogP contribution is -2.60. The van der Waals surface area contributed by atoms with Crippen molar-refractivity contribution in [1.29, 1.82) is 0 Å². The van der Waals surface area contributed by atoms with Crippen LogP contribution in [0.4, 0.5) is 0 Å². The third kappa shape index (κ3) is 5.99. The number of ketones is 3. The molecule has 2 aromatic carbocycles. The Morgan fingerprint density at radius 3 is 2.00 bits per heavy atom. The monoisotopic (exact) mass is 672 g/mol. The highest BCUT2D eigenvalue weighted by Gasteiger charge is 2.56. The van der Waals surface area contributed by atoms with Gasteiger partial charge in [0.25, 0.3) is 0 Å². The molecule has 18 heteroatoms. The standard InChI is InChI=1S/C28H30O13.H2O4S/c1-9-18(30)22(34)24(38-4)27(40-9)41-23-17-13(25(35)28(2,36)26(23)39-5)8-12-16(21(17)33)20(32)15-11(19(12)31)6-10(37-3)7-14(15)29;1-5(2,3)4/h6-9,18,22-24,26-27,29-30,33-34,36H,1-5H3;(H2,1,2,3,4). The van der Waals surface area contributed by atoms with Gasteiger partial charge in [-0.3, -0.25) is 23.5 Å². The zero-order valence-corrected chi connectivity index (χ0v) is 25.7. The van der Waals surface area contributed by atoms with E-state index in [1.165, 1.54) is 41.2 Å². The van der Waals surface area contributed by atoms with Crippen LogP contribution in [0.3, 0.4) is 0 Å². The van der Waals surface area contributed by atoms with Crippen LogP contribution in [-0.4, -0.2) is 124 Å². The summed E-state index contributed by atoms with van der Waals surface area (Å²) in [4.78, 5) is 40.7. The third-order valence-electron chi connectivity index (χ3n) is 8.02. The molecule has 1 saturated heterocycles. The van der Waals surface area contributed by atoms with E-state index in [1.807, 2.05) is 0 Å². The highest BCUT2D eigenvalue weighted by Crippen LogP contribution is 2.49. The van der Waals surface area contributed by atoms with Crippen LogP contribution in [0.1, 0.15) is 67.7 Å². The van der Waals surface area contributed by atoms with E-state index in [0.29, 0.717) is 0 Å². The van der Waals surface area contributed by atoms with E-state index in [4.69, 9.17) is 41.2 Å². The molecule has 252 valence electrons. The Hall–Kier alpha value is -3.56. The predicted molar refractivity (Wildman–Crippen MR) is 151 cm³/mol. The summed E-state index contributed by atoms with van der Waals surface area (Å²) in [5.74, 6) is -3.85. The van der Waals surface area contributed by atoms with Crippen LogP contribution >= 0.6 is 0 Å². The fourth-order valence-electron chi connectivity index (χ4n) is 5.82. The van der Waals surface area contributed by atoms with Gasteiger partial charge in [0.05, 0.1) is 24.3 Å². The molecule has 3 aliphatic rings. The molecule has 1 heterocycles. The number of hydrogen-bond donors (Lipinski definition) is 7. The lowest BCUT2D eigenvalue weighted by molar-refractivity contribution is -0.321. The largest absolute Gasteiger partial charge is 0.507 e. The molecule has 0 spiro atoms. The fraction of sp³-hybridized carbons (Fsp3) is 0.464. The number of phenolic OH excluding ortho intramolecular Hbond substituents is 2. The molecule has 2 aromatic rings. The number of aliphatic hydroxyl groups is 3. The van der Waals surface area contributed by atoms with Crippen molar-refractivity contribution in [3.63, 3.8) is 0 Å². The molecule has 0 bridgehead atoms. The number of hydrogen-bond acceptors (Lipinski definition) is 15. The van der Waals surface area contributed by atoms with Crippen LogP contribution < -0.4 is 4.74 Å². The molecule has 0 saturated carbocycles. The second-order valence-electron chi connectivity index (χ2n) is 10.9. The number of aromatic hydroxyl groups is 2. The molecule has 17 nitrogen and oxygen atoms in total. The summed E-state index contributed by atoms with van der Waals surface area (Å²) >= 11 is 0. The maximum absolute atomic E-state index is 13.6. The molecule has 8 atom stereocenters.